The molecule has 0 unspecified atom stereocenters. The predicted octanol–water partition coefficient (Wildman–Crippen LogP) is 4.61. The van der Waals surface area contributed by atoms with Gasteiger partial charge in [-0.15, -0.1) is 0 Å². The van der Waals surface area contributed by atoms with Gasteiger partial charge in [-0.2, -0.15) is 0 Å². The summed E-state index contributed by atoms with van der Waals surface area (Å²) in [5, 5.41) is 0. The fraction of sp³-hybridized carbons (Fsp3) is 0.316. The van der Waals surface area contributed by atoms with Crippen LogP contribution >= 0.6 is 0 Å². The molecule has 0 bridgehead atoms. The monoisotopic (exact) mass is 353 g/mol. The van der Waals surface area contributed by atoms with Crippen molar-refractivity contribution in [2.24, 2.45) is 5.92 Å². The number of hydrogen-bond donors (Lipinski definition) is 0. The van der Waals surface area contributed by atoms with Gasteiger partial charge in [-0.05, 0) is 41.8 Å². The lowest BCUT2D eigenvalue weighted by Gasteiger charge is -2.22. The summed E-state index contributed by atoms with van der Waals surface area (Å²) in [6.07, 6.45) is -2.56. The van der Waals surface area contributed by atoms with E-state index in [2.05, 4.69) is 0 Å². The molecule has 134 valence electrons. The summed E-state index contributed by atoms with van der Waals surface area (Å²) in [6, 6.07) is 9.49. The lowest BCUT2D eigenvalue weighted by atomic mass is 9.99. The Morgan fingerprint density at radius 1 is 0.960 bits per heavy atom. The van der Waals surface area contributed by atoms with E-state index in [0.717, 1.165) is 6.07 Å². The van der Waals surface area contributed by atoms with E-state index >= 15 is 0 Å². The first-order valence-electron chi connectivity index (χ1n) is 7.86. The molecule has 2 aromatic carbocycles. The van der Waals surface area contributed by atoms with Gasteiger partial charge in [-0.1, -0.05) is 19.1 Å². The molecule has 0 saturated heterocycles. The number of carbonyl (C=O) groups excluding carboxylic acids is 1. The van der Waals surface area contributed by atoms with Gasteiger partial charge in [0.2, 0.25) is 12.3 Å². The molecule has 0 fully saturated rings. The molecular weight excluding hydrogens is 334 g/mol. The number of anilines is 1. The molecule has 25 heavy (non-hydrogen) atoms. The Labute approximate surface area is 144 Å². The van der Waals surface area contributed by atoms with Crippen molar-refractivity contribution in [1.82, 2.24) is 0 Å². The minimum absolute atomic E-state index is 0.196. The van der Waals surface area contributed by atoms with Gasteiger partial charge in [0.05, 0.1) is 0 Å². The smallest absolute Gasteiger partial charge is 0.242 e. The minimum atomic E-state index is -2.42. The molecule has 2 nitrogen and oxygen atoms in total. The van der Waals surface area contributed by atoms with Gasteiger partial charge in [-0.25, -0.2) is 17.6 Å². The van der Waals surface area contributed by atoms with Gasteiger partial charge in [-0.3, -0.25) is 4.79 Å². The van der Waals surface area contributed by atoms with Crippen LogP contribution in [0.5, 0.6) is 0 Å². The molecule has 0 N–H and O–H groups in total. The van der Waals surface area contributed by atoms with Gasteiger partial charge in [0, 0.05) is 31.1 Å². The molecule has 0 aliphatic heterocycles. The number of halogens is 4. The van der Waals surface area contributed by atoms with E-state index in [1.54, 1.807) is 38.2 Å². The summed E-state index contributed by atoms with van der Waals surface area (Å²) >= 11 is 0. The van der Waals surface area contributed by atoms with Gasteiger partial charge >= 0.3 is 0 Å². The van der Waals surface area contributed by atoms with Crippen molar-refractivity contribution in [3.05, 3.63) is 65.2 Å². The Hall–Kier alpha value is -2.37. The third kappa shape index (κ3) is 5.31. The maximum atomic E-state index is 13.2. The van der Waals surface area contributed by atoms with Crippen molar-refractivity contribution in [2.45, 2.75) is 26.2 Å². The van der Waals surface area contributed by atoms with Crippen molar-refractivity contribution in [2.75, 3.05) is 11.9 Å². The number of carbonyl (C=O) groups is 1. The van der Waals surface area contributed by atoms with E-state index in [-0.39, 0.29) is 18.7 Å². The topological polar surface area (TPSA) is 20.3 Å². The van der Waals surface area contributed by atoms with Crippen LogP contribution in [0.15, 0.2) is 42.5 Å². The normalized spacial score (nSPS) is 12.3. The van der Waals surface area contributed by atoms with Crippen molar-refractivity contribution < 1.29 is 22.4 Å². The Morgan fingerprint density at radius 3 is 2.04 bits per heavy atom. The zero-order valence-corrected chi connectivity index (χ0v) is 14.0. The standard InChI is InChI=1S/C19H19F4NO/c1-12(7-14-8-15(20)11-16(21)9-14)19(25)24(2)17-5-3-13(4-6-17)10-18(22)23/h3-6,8-9,11-12,18H,7,10H2,1-2H3/t12-/m0/s1. The highest BCUT2D eigenvalue weighted by molar-refractivity contribution is 5.94. The van der Waals surface area contributed by atoms with Crippen LogP contribution in [-0.4, -0.2) is 19.4 Å². The molecule has 0 heterocycles. The second-order valence-corrected chi connectivity index (χ2v) is 6.04. The molecule has 0 spiro atoms. The molecule has 1 atom stereocenters. The molecule has 0 aliphatic carbocycles. The third-order valence-electron chi connectivity index (χ3n) is 3.93. The highest BCUT2D eigenvalue weighted by atomic mass is 19.3. The van der Waals surface area contributed by atoms with Crippen LogP contribution in [0.25, 0.3) is 0 Å². The van der Waals surface area contributed by atoms with Gasteiger partial charge in [0.25, 0.3) is 0 Å². The highest BCUT2D eigenvalue weighted by Crippen LogP contribution is 2.20. The van der Waals surface area contributed by atoms with Gasteiger partial charge in [0.1, 0.15) is 11.6 Å². The Balaban J connectivity index is 2.05. The molecule has 0 radical (unpaired) electrons. The lowest BCUT2D eigenvalue weighted by molar-refractivity contribution is -0.121. The fourth-order valence-electron chi connectivity index (χ4n) is 2.66. The first-order valence-corrected chi connectivity index (χ1v) is 7.86. The maximum Gasteiger partial charge on any atom is 0.242 e. The van der Waals surface area contributed by atoms with Crippen molar-refractivity contribution in [3.8, 4) is 0 Å². The van der Waals surface area contributed by atoms with E-state index in [1.807, 2.05) is 0 Å². The van der Waals surface area contributed by atoms with E-state index in [4.69, 9.17) is 0 Å². The van der Waals surface area contributed by atoms with Gasteiger partial charge in [0.15, 0.2) is 0 Å². The molecule has 0 aliphatic rings. The second kappa shape index (κ2) is 8.14. The van der Waals surface area contributed by atoms with Crippen LogP contribution in [0.1, 0.15) is 18.1 Å². The average Bonchev–Trinajstić information content (AvgIpc) is 2.52. The Bertz CT molecular complexity index is 710. The number of alkyl halides is 2. The number of benzene rings is 2. The molecule has 6 heteroatoms. The Morgan fingerprint density at radius 2 is 1.52 bits per heavy atom. The van der Waals surface area contributed by atoms with E-state index in [1.165, 1.54) is 17.0 Å². The summed E-state index contributed by atoms with van der Waals surface area (Å²) in [4.78, 5) is 13.9. The van der Waals surface area contributed by atoms with Crippen LogP contribution in [0.4, 0.5) is 23.2 Å². The molecule has 1 amide bonds. The SMILES string of the molecule is C[C@@H](Cc1cc(F)cc(F)c1)C(=O)N(C)c1ccc(CC(F)F)cc1. The summed E-state index contributed by atoms with van der Waals surface area (Å²) < 4.78 is 51.2. The summed E-state index contributed by atoms with van der Waals surface area (Å²) in [5.74, 6) is -2.09. The zero-order valence-electron chi connectivity index (χ0n) is 14.0. The molecule has 0 saturated carbocycles. The fourth-order valence-corrected chi connectivity index (χ4v) is 2.66. The van der Waals surface area contributed by atoms with E-state index in [9.17, 15) is 22.4 Å². The highest BCUT2D eigenvalue weighted by Gasteiger charge is 2.20. The summed E-state index contributed by atoms with van der Waals surface area (Å²) in [7, 11) is 1.58. The van der Waals surface area contributed by atoms with Crippen LogP contribution in [0.2, 0.25) is 0 Å². The lowest BCUT2D eigenvalue weighted by Crippen LogP contribution is -2.32. The van der Waals surface area contributed by atoms with Crippen LogP contribution < -0.4 is 4.90 Å². The third-order valence-corrected chi connectivity index (χ3v) is 3.93. The van der Waals surface area contributed by atoms with Crippen molar-refractivity contribution in [3.63, 3.8) is 0 Å². The number of rotatable bonds is 6. The predicted molar refractivity (Wildman–Crippen MR) is 88.8 cm³/mol. The molecular formula is C19H19F4NO. The molecule has 0 aromatic heterocycles. The number of nitrogens with zero attached hydrogens (tertiary/aromatic N) is 1. The van der Waals surface area contributed by atoms with E-state index in [0.29, 0.717) is 16.8 Å². The van der Waals surface area contributed by atoms with Crippen molar-refractivity contribution >= 4 is 11.6 Å². The molecule has 2 aromatic rings. The van der Waals surface area contributed by atoms with Crippen molar-refractivity contribution in [1.29, 1.82) is 0 Å². The van der Waals surface area contributed by atoms with Gasteiger partial charge < -0.3 is 4.90 Å². The zero-order chi connectivity index (χ0) is 18.6. The molecule has 2 rings (SSSR count). The van der Waals surface area contributed by atoms with E-state index < -0.39 is 24.0 Å². The second-order valence-electron chi connectivity index (χ2n) is 6.04. The van der Waals surface area contributed by atoms with Crippen LogP contribution in [-0.2, 0) is 17.6 Å². The largest absolute Gasteiger partial charge is 0.315 e. The maximum absolute atomic E-state index is 13.2. The first-order chi connectivity index (χ1) is 11.8. The number of amides is 1. The Kier molecular flexibility index (Phi) is 6.17. The minimum Gasteiger partial charge on any atom is -0.315 e. The quantitative estimate of drug-likeness (QED) is 0.694. The van der Waals surface area contributed by atoms with Crippen LogP contribution in [0.3, 0.4) is 0 Å². The average molecular weight is 353 g/mol. The first kappa shape index (κ1) is 19.0. The van der Waals surface area contributed by atoms with Crippen LogP contribution in [0, 0.1) is 17.6 Å². The summed E-state index contributed by atoms with van der Waals surface area (Å²) in [5.41, 5.74) is 1.46. The number of hydrogen-bond acceptors (Lipinski definition) is 1. The summed E-state index contributed by atoms with van der Waals surface area (Å²) in [6.45, 7) is 1.67.